The lowest BCUT2D eigenvalue weighted by molar-refractivity contribution is -0.142. The summed E-state index contributed by atoms with van der Waals surface area (Å²) in [6, 6.07) is 1.85. The lowest BCUT2D eigenvalue weighted by Crippen LogP contribution is -2.41. The van der Waals surface area contributed by atoms with Gasteiger partial charge in [0, 0.05) is 54.2 Å². The van der Waals surface area contributed by atoms with Crippen LogP contribution in [0.5, 0.6) is 0 Å². The van der Waals surface area contributed by atoms with E-state index in [9.17, 15) is 35.9 Å². The minimum absolute atomic E-state index is 0.0472. The van der Waals surface area contributed by atoms with Gasteiger partial charge >= 0.3 is 24.5 Å². The molecule has 2 fully saturated rings. The van der Waals surface area contributed by atoms with E-state index in [4.69, 9.17) is 21.1 Å². The summed E-state index contributed by atoms with van der Waals surface area (Å²) in [5, 5.41) is 3.31. The maximum atomic E-state index is 13.5. The third-order valence-electron chi connectivity index (χ3n) is 10.00. The molecule has 0 spiro atoms. The highest BCUT2D eigenvalue weighted by Gasteiger charge is 2.38. The average Bonchev–Trinajstić information content (AvgIpc) is 3.83. The summed E-state index contributed by atoms with van der Waals surface area (Å²) in [4.78, 5) is 53.3. The summed E-state index contributed by atoms with van der Waals surface area (Å²) < 4.78 is 91.7. The van der Waals surface area contributed by atoms with Gasteiger partial charge < -0.3 is 19.3 Å². The van der Waals surface area contributed by atoms with Crippen LogP contribution in [0.1, 0.15) is 154 Å². The van der Waals surface area contributed by atoms with Crippen molar-refractivity contribution in [3.63, 3.8) is 0 Å². The molecule has 0 atom stereocenters. The molecule has 21 heteroatoms. The number of alkyl halides is 6. The molecule has 2 amide bonds. The number of carbonyl (C=O) groups excluding carboxylic acids is 2. The van der Waals surface area contributed by atoms with Gasteiger partial charge in [-0.15, -0.1) is 22.7 Å². The summed E-state index contributed by atoms with van der Waals surface area (Å²) in [5.74, 6) is 0.385. The zero-order valence-electron chi connectivity index (χ0n) is 38.7. The van der Waals surface area contributed by atoms with Crippen LogP contribution in [0, 0.1) is 0 Å². The van der Waals surface area contributed by atoms with Crippen LogP contribution >= 0.6 is 34.3 Å². The number of aromatic nitrogens is 6. The number of thiazole rings is 2. The van der Waals surface area contributed by atoms with Gasteiger partial charge in [0.05, 0.1) is 27.1 Å². The molecular weight excluding hydrogens is 918 g/mol. The van der Waals surface area contributed by atoms with Crippen molar-refractivity contribution in [2.45, 2.75) is 155 Å². The van der Waals surface area contributed by atoms with Crippen LogP contribution in [0.2, 0.25) is 4.34 Å². The number of hydrogen-bond donors (Lipinski definition) is 0. The zero-order valence-corrected chi connectivity index (χ0v) is 41.1. The smallest absolute Gasteiger partial charge is 0.433 e. The Kier molecular flexibility index (Phi) is 15.3. The topological polar surface area (TPSA) is 136 Å². The molecule has 0 bridgehead atoms. The first-order valence-electron chi connectivity index (χ1n) is 21.2. The van der Waals surface area contributed by atoms with Crippen LogP contribution in [0.4, 0.5) is 35.9 Å². The number of nitrogens with zero attached hydrogens (tertiary/aromatic N) is 8. The van der Waals surface area contributed by atoms with E-state index in [1.54, 1.807) is 56.7 Å². The minimum atomic E-state index is -4.61. The molecule has 0 aromatic carbocycles. The molecular formula is C44H57ClF6N8O4S2. The van der Waals surface area contributed by atoms with Crippen LogP contribution < -0.4 is 0 Å². The van der Waals surface area contributed by atoms with Crippen molar-refractivity contribution in [2.24, 2.45) is 0 Å². The SMILES string of the molecule is CC(C)(C)OC(=O)N1CCC(c2nc(-c3cc(C(F)(F)F)nc(C(C)(C)C)n3)c(Cl)s2)CC1.CC(C)(C)OC(=O)N1CCC(c2nc(-c3cc(C(F)(F)F)nc(C(C)(C)C)n3)cs2)CC1. The van der Waals surface area contributed by atoms with Gasteiger partial charge in [0.2, 0.25) is 0 Å². The second-order valence-corrected chi connectivity index (χ2v) is 22.7. The molecule has 6 rings (SSSR count). The second kappa shape index (κ2) is 19.2. The van der Waals surface area contributed by atoms with E-state index in [0.29, 0.717) is 44.7 Å². The van der Waals surface area contributed by atoms with Gasteiger partial charge in [-0.05, 0) is 79.4 Å². The van der Waals surface area contributed by atoms with Gasteiger partial charge in [-0.2, -0.15) is 26.3 Å². The molecule has 65 heavy (non-hydrogen) atoms. The summed E-state index contributed by atoms with van der Waals surface area (Å²) in [7, 11) is 0. The Morgan fingerprint density at radius 2 is 0.985 bits per heavy atom. The Labute approximate surface area is 389 Å². The third-order valence-corrected chi connectivity index (χ3v) is 12.4. The number of carbonyl (C=O) groups is 2. The summed E-state index contributed by atoms with van der Waals surface area (Å²) in [5.41, 5.74) is -3.55. The Morgan fingerprint density at radius 3 is 1.38 bits per heavy atom. The molecule has 2 aliphatic heterocycles. The molecule has 4 aromatic heterocycles. The molecule has 0 aliphatic carbocycles. The molecule has 2 saturated heterocycles. The second-order valence-electron chi connectivity index (χ2n) is 20.1. The van der Waals surface area contributed by atoms with Crippen LogP contribution in [0.3, 0.4) is 0 Å². The molecule has 12 nitrogen and oxygen atoms in total. The van der Waals surface area contributed by atoms with Gasteiger partial charge in [0.1, 0.15) is 44.3 Å². The predicted molar refractivity (Wildman–Crippen MR) is 238 cm³/mol. The largest absolute Gasteiger partial charge is 0.444 e. The van der Waals surface area contributed by atoms with E-state index in [1.165, 1.54) is 22.7 Å². The van der Waals surface area contributed by atoms with Crippen LogP contribution in [0.25, 0.3) is 22.8 Å². The number of amides is 2. The highest BCUT2D eigenvalue weighted by molar-refractivity contribution is 7.16. The van der Waals surface area contributed by atoms with Gasteiger partial charge in [-0.25, -0.2) is 39.5 Å². The van der Waals surface area contributed by atoms with Gasteiger partial charge in [0.25, 0.3) is 0 Å². The molecule has 0 radical (unpaired) electrons. The summed E-state index contributed by atoms with van der Waals surface area (Å²) >= 11 is 9.06. The van der Waals surface area contributed by atoms with Crippen molar-refractivity contribution in [3.8, 4) is 22.8 Å². The van der Waals surface area contributed by atoms with Crippen molar-refractivity contribution < 1.29 is 45.4 Å². The number of rotatable bonds is 4. The number of halogens is 7. The van der Waals surface area contributed by atoms with E-state index in [1.807, 2.05) is 41.5 Å². The first-order valence-corrected chi connectivity index (χ1v) is 23.3. The van der Waals surface area contributed by atoms with Gasteiger partial charge in [-0.3, -0.25) is 0 Å². The molecule has 4 aromatic rings. The van der Waals surface area contributed by atoms with Gasteiger partial charge in [0.15, 0.2) is 0 Å². The average molecular weight is 976 g/mol. The highest BCUT2D eigenvalue weighted by Crippen LogP contribution is 2.41. The lowest BCUT2D eigenvalue weighted by atomic mass is 9.95. The molecule has 6 heterocycles. The Morgan fingerprint density at radius 1 is 0.585 bits per heavy atom. The van der Waals surface area contributed by atoms with Crippen molar-refractivity contribution in [3.05, 3.63) is 54.9 Å². The number of ether oxygens (including phenoxy) is 2. The predicted octanol–water partition coefficient (Wildman–Crippen LogP) is 12.7. The monoisotopic (exact) mass is 974 g/mol. The van der Waals surface area contributed by atoms with Crippen molar-refractivity contribution in [1.82, 2.24) is 39.7 Å². The molecule has 358 valence electrons. The fourth-order valence-electron chi connectivity index (χ4n) is 6.62. The Hall–Kier alpha value is -4.17. The minimum Gasteiger partial charge on any atom is -0.444 e. The van der Waals surface area contributed by atoms with E-state index in [0.717, 1.165) is 35.0 Å². The van der Waals surface area contributed by atoms with Crippen molar-refractivity contribution >= 4 is 46.5 Å². The zero-order chi connectivity index (χ0) is 48.7. The van der Waals surface area contributed by atoms with E-state index < -0.39 is 45.8 Å². The fraction of sp³-hybridized carbons (Fsp3) is 0.636. The summed E-state index contributed by atoms with van der Waals surface area (Å²) in [6.07, 6.45) is -7.10. The Bertz CT molecular complexity index is 2250. The van der Waals surface area contributed by atoms with Crippen molar-refractivity contribution in [1.29, 1.82) is 0 Å². The number of piperidine rings is 2. The standard InChI is InChI=1S/C22H28ClF3N4O2S.C22H29F3N4O2S/c1-20(2,3)18-27-13(11-14(28-18)22(24,25)26)15-16(23)33-17(29-15)12-7-9-30(10-8-12)19(31)32-21(4,5)6;1-20(2,3)18-27-14(11-16(28-18)22(23,24)25)15-12-32-17(26-15)13-7-9-29(10-8-13)19(30)31-21(4,5)6/h11-12H,7-10H2,1-6H3;11-13H,7-10H2,1-6H3. The molecule has 0 unspecified atom stereocenters. The molecule has 2 aliphatic rings. The lowest BCUT2D eigenvalue weighted by Gasteiger charge is -2.32. The normalized spacial score (nSPS) is 16.3. The maximum Gasteiger partial charge on any atom is 0.433 e. The molecule has 0 N–H and O–H groups in total. The number of hydrogen-bond acceptors (Lipinski definition) is 12. The quantitative estimate of drug-likeness (QED) is 0.182. The fourth-order valence-corrected chi connectivity index (χ4v) is 8.95. The first-order chi connectivity index (χ1) is 29.7. The first kappa shape index (κ1) is 51.8. The van der Waals surface area contributed by atoms with Crippen LogP contribution in [0.15, 0.2) is 17.5 Å². The number of likely N-dealkylation sites (tertiary alicyclic amines) is 2. The van der Waals surface area contributed by atoms with Crippen LogP contribution in [-0.4, -0.2) is 89.3 Å². The highest BCUT2D eigenvalue weighted by atomic mass is 35.5. The van der Waals surface area contributed by atoms with Crippen molar-refractivity contribution in [2.75, 3.05) is 26.2 Å². The summed E-state index contributed by atoms with van der Waals surface area (Å²) in [6.45, 7) is 23.6. The van der Waals surface area contributed by atoms with E-state index in [2.05, 4.69) is 29.9 Å². The van der Waals surface area contributed by atoms with E-state index in [-0.39, 0.29) is 57.1 Å². The third kappa shape index (κ3) is 14.2. The maximum absolute atomic E-state index is 13.5. The van der Waals surface area contributed by atoms with E-state index >= 15 is 0 Å². The van der Waals surface area contributed by atoms with Crippen LogP contribution in [-0.2, 0) is 32.7 Å². The Balaban J connectivity index is 0.000000244. The van der Waals surface area contributed by atoms with Gasteiger partial charge in [-0.1, -0.05) is 53.1 Å². The molecule has 0 saturated carbocycles.